The Bertz CT molecular complexity index is 631. The maximum Gasteiger partial charge on any atom is 0.253 e. The largest absolute Gasteiger partial charge is 0.383 e. The van der Waals surface area contributed by atoms with E-state index in [0.717, 1.165) is 31.6 Å². The number of benzene rings is 1. The van der Waals surface area contributed by atoms with Gasteiger partial charge >= 0.3 is 0 Å². The van der Waals surface area contributed by atoms with Crippen molar-refractivity contribution >= 4 is 34.8 Å². The molecule has 0 aliphatic carbocycles. The number of carbonyl (C=O) groups is 2. The molecule has 2 amide bonds. The summed E-state index contributed by atoms with van der Waals surface area (Å²) in [5.41, 5.74) is 2.12. The van der Waals surface area contributed by atoms with Crippen LogP contribution in [0.15, 0.2) is 18.2 Å². The fourth-order valence-electron chi connectivity index (χ4n) is 3.13. The predicted molar refractivity (Wildman–Crippen MR) is 110 cm³/mol. The number of hydrogen-bond acceptors (Lipinski definition) is 4. The van der Waals surface area contributed by atoms with Gasteiger partial charge in [0.2, 0.25) is 5.91 Å². The van der Waals surface area contributed by atoms with E-state index in [4.69, 9.17) is 16.3 Å². The summed E-state index contributed by atoms with van der Waals surface area (Å²) in [6.45, 7) is 5.02. The lowest BCUT2D eigenvalue weighted by Crippen LogP contribution is -2.35. The normalized spacial score (nSPS) is 14.9. The Balaban J connectivity index is 2.18. The first-order valence-electron chi connectivity index (χ1n) is 9.57. The van der Waals surface area contributed by atoms with Crippen molar-refractivity contribution in [3.63, 3.8) is 0 Å². The molecule has 1 heterocycles. The second kappa shape index (κ2) is 11.1. The van der Waals surface area contributed by atoms with Crippen LogP contribution in [-0.4, -0.2) is 51.0 Å². The number of ether oxygens (including phenoxy) is 1. The van der Waals surface area contributed by atoms with Gasteiger partial charge in [0.1, 0.15) is 0 Å². The van der Waals surface area contributed by atoms with Gasteiger partial charge in [-0.3, -0.25) is 9.59 Å². The number of rotatable bonds is 9. The van der Waals surface area contributed by atoms with Crippen LogP contribution in [-0.2, 0) is 9.53 Å². The van der Waals surface area contributed by atoms with Gasteiger partial charge in [-0.05, 0) is 43.4 Å². The van der Waals surface area contributed by atoms with E-state index in [1.165, 1.54) is 0 Å². The van der Waals surface area contributed by atoms with Crippen LogP contribution in [0.25, 0.3) is 0 Å². The van der Waals surface area contributed by atoms with Crippen molar-refractivity contribution in [2.45, 2.75) is 32.6 Å². The number of methoxy groups -OCH3 is 1. The molecule has 0 aromatic heterocycles. The maximum absolute atomic E-state index is 12.7. The molecule has 6 nitrogen and oxygen atoms in total. The summed E-state index contributed by atoms with van der Waals surface area (Å²) in [5.74, 6) is 0.909. The zero-order chi connectivity index (χ0) is 19.6. The number of piperidine rings is 1. The predicted octanol–water partition coefficient (Wildman–Crippen LogP) is 3.26. The van der Waals surface area contributed by atoms with Crippen molar-refractivity contribution < 1.29 is 14.3 Å². The maximum atomic E-state index is 12.7. The second-order valence-electron chi connectivity index (χ2n) is 6.99. The van der Waals surface area contributed by atoms with E-state index >= 15 is 0 Å². The lowest BCUT2D eigenvalue weighted by atomic mass is 9.97. The van der Waals surface area contributed by atoms with Crippen molar-refractivity contribution in [1.29, 1.82) is 0 Å². The molecule has 0 bridgehead atoms. The Morgan fingerprint density at radius 1 is 1.30 bits per heavy atom. The second-order valence-corrected chi connectivity index (χ2v) is 7.37. The molecule has 2 N–H and O–H groups in total. The SMILES string of the molecule is COCCNC(=O)c1cc(NC(=O)CCCCl)ccc1N1CCC(C)CC1. The standard InChI is InChI=1S/C20H30ClN3O3/c1-15-7-11-24(12-8-15)18-6-5-16(23-19(25)4-3-9-21)14-17(18)20(26)22-10-13-27-2/h5-6,14-15H,3-4,7-13H2,1-2H3,(H,22,26)(H,23,25). The smallest absolute Gasteiger partial charge is 0.253 e. The fourth-order valence-corrected chi connectivity index (χ4v) is 3.27. The van der Waals surface area contributed by atoms with Gasteiger partial charge in [-0.2, -0.15) is 0 Å². The highest BCUT2D eigenvalue weighted by molar-refractivity contribution is 6.18. The monoisotopic (exact) mass is 395 g/mol. The van der Waals surface area contributed by atoms with Crippen LogP contribution < -0.4 is 15.5 Å². The van der Waals surface area contributed by atoms with Crippen molar-refractivity contribution in [3.05, 3.63) is 23.8 Å². The van der Waals surface area contributed by atoms with E-state index < -0.39 is 0 Å². The van der Waals surface area contributed by atoms with Crippen LogP contribution in [0.5, 0.6) is 0 Å². The summed E-state index contributed by atoms with van der Waals surface area (Å²) in [4.78, 5) is 27.0. The van der Waals surface area contributed by atoms with E-state index in [1.807, 2.05) is 12.1 Å². The molecule has 1 aliphatic heterocycles. The first-order chi connectivity index (χ1) is 13.0. The van der Waals surface area contributed by atoms with E-state index in [1.54, 1.807) is 13.2 Å². The summed E-state index contributed by atoms with van der Waals surface area (Å²) in [7, 11) is 1.60. The number of halogens is 1. The Morgan fingerprint density at radius 3 is 2.70 bits per heavy atom. The number of nitrogens with zero attached hydrogens (tertiary/aromatic N) is 1. The first kappa shape index (κ1) is 21.5. The lowest BCUT2D eigenvalue weighted by Gasteiger charge is -2.33. The van der Waals surface area contributed by atoms with Crippen LogP contribution in [0.2, 0.25) is 0 Å². The number of amides is 2. The van der Waals surface area contributed by atoms with Crippen molar-refractivity contribution in [3.8, 4) is 0 Å². The fraction of sp³-hybridized carbons (Fsp3) is 0.600. The highest BCUT2D eigenvalue weighted by atomic mass is 35.5. The van der Waals surface area contributed by atoms with Crippen LogP contribution in [0.3, 0.4) is 0 Å². The molecular weight excluding hydrogens is 366 g/mol. The Labute approximate surface area is 166 Å². The molecule has 0 saturated carbocycles. The molecule has 0 spiro atoms. The molecule has 2 rings (SSSR count). The summed E-state index contributed by atoms with van der Waals surface area (Å²) in [5, 5.41) is 5.74. The van der Waals surface area contributed by atoms with Crippen LogP contribution >= 0.6 is 11.6 Å². The average molecular weight is 396 g/mol. The topological polar surface area (TPSA) is 70.7 Å². The number of nitrogens with one attached hydrogen (secondary N) is 2. The van der Waals surface area contributed by atoms with Crippen molar-refractivity contribution in [2.24, 2.45) is 5.92 Å². The van der Waals surface area contributed by atoms with Gasteiger partial charge in [0.05, 0.1) is 12.2 Å². The average Bonchev–Trinajstić information content (AvgIpc) is 2.67. The lowest BCUT2D eigenvalue weighted by molar-refractivity contribution is -0.116. The zero-order valence-corrected chi connectivity index (χ0v) is 17.0. The number of carbonyl (C=O) groups excluding carboxylic acids is 2. The molecule has 1 aliphatic rings. The van der Waals surface area contributed by atoms with Gasteiger partial charge in [0.15, 0.2) is 0 Å². The third-order valence-electron chi connectivity index (χ3n) is 4.78. The summed E-state index contributed by atoms with van der Waals surface area (Å²) >= 11 is 5.64. The molecule has 150 valence electrons. The van der Waals surface area contributed by atoms with E-state index in [0.29, 0.717) is 49.0 Å². The molecule has 7 heteroatoms. The minimum atomic E-state index is -0.155. The molecule has 1 aromatic rings. The summed E-state index contributed by atoms with van der Waals surface area (Å²) < 4.78 is 5.01. The van der Waals surface area contributed by atoms with Crippen LogP contribution in [0.4, 0.5) is 11.4 Å². The Hall–Kier alpha value is -1.79. The highest BCUT2D eigenvalue weighted by Gasteiger charge is 2.21. The highest BCUT2D eigenvalue weighted by Crippen LogP contribution is 2.28. The number of alkyl halides is 1. The third kappa shape index (κ3) is 6.70. The van der Waals surface area contributed by atoms with Gasteiger partial charge in [0, 0.05) is 50.4 Å². The van der Waals surface area contributed by atoms with Gasteiger partial charge in [-0.15, -0.1) is 11.6 Å². The van der Waals surface area contributed by atoms with E-state index in [9.17, 15) is 9.59 Å². The quantitative estimate of drug-likeness (QED) is 0.497. The van der Waals surface area contributed by atoms with Gasteiger partial charge in [-0.25, -0.2) is 0 Å². The van der Waals surface area contributed by atoms with Crippen molar-refractivity contribution in [2.75, 3.05) is 49.4 Å². The molecule has 0 atom stereocenters. The Kier molecular flexibility index (Phi) is 8.88. The molecule has 1 fully saturated rings. The summed E-state index contributed by atoms with van der Waals surface area (Å²) in [6.07, 6.45) is 3.22. The molecule has 27 heavy (non-hydrogen) atoms. The van der Waals surface area contributed by atoms with E-state index in [-0.39, 0.29) is 11.8 Å². The minimum Gasteiger partial charge on any atom is -0.383 e. The van der Waals surface area contributed by atoms with Crippen LogP contribution in [0.1, 0.15) is 43.0 Å². The zero-order valence-electron chi connectivity index (χ0n) is 16.2. The molecular formula is C20H30ClN3O3. The number of hydrogen-bond donors (Lipinski definition) is 2. The minimum absolute atomic E-state index is 0.0964. The number of anilines is 2. The Morgan fingerprint density at radius 2 is 2.04 bits per heavy atom. The molecule has 1 saturated heterocycles. The van der Waals surface area contributed by atoms with Gasteiger partial charge < -0.3 is 20.3 Å². The first-order valence-corrected chi connectivity index (χ1v) is 10.1. The van der Waals surface area contributed by atoms with Crippen LogP contribution in [0, 0.1) is 5.92 Å². The van der Waals surface area contributed by atoms with Crippen molar-refractivity contribution in [1.82, 2.24) is 5.32 Å². The molecule has 0 radical (unpaired) electrons. The molecule has 1 aromatic carbocycles. The molecule has 0 unspecified atom stereocenters. The third-order valence-corrected chi connectivity index (χ3v) is 5.05. The van der Waals surface area contributed by atoms with E-state index in [2.05, 4.69) is 22.5 Å². The summed E-state index contributed by atoms with van der Waals surface area (Å²) in [6, 6.07) is 5.55. The van der Waals surface area contributed by atoms with Gasteiger partial charge in [-0.1, -0.05) is 6.92 Å². The van der Waals surface area contributed by atoms with Gasteiger partial charge in [0.25, 0.3) is 5.91 Å².